The Hall–Kier alpha value is -2.57. The number of hydrogen-bond donors (Lipinski definition) is 2. The van der Waals surface area contributed by atoms with Gasteiger partial charge in [0.2, 0.25) is 0 Å². The van der Waals surface area contributed by atoms with E-state index in [1.165, 1.54) is 11.3 Å². The zero-order valence-electron chi connectivity index (χ0n) is 14.9. The van der Waals surface area contributed by atoms with Crippen LogP contribution in [-0.2, 0) is 9.59 Å². The van der Waals surface area contributed by atoms with Crippen LogP contribution in [0.15, 0.2) is 18.2 Å². The maximum Gasteiger partial charge on any atom is 0.329 e. The van der Waals surface area contributed by atoms with Crippen molar-refractivity contribution in [2.24, 2.45) is 23.7 Å². The summed E-state index contributed by atoms with van der Waals surface area (Å²) in [4.78, 5) is 39.5. The average molecular weight is 367 g/mol. The molecule has 7 rings (SSSR count). The molecule has 27 heavy (non-hydrogen) atoms. The summed E-state index contributed by atoms with van der Waals surface area (Å²) in [7, 11) is 0. The van der Waals surface area contributed by atoms with Crippen LogP contribution in [0.5, 0.6) is 5.75 Å². The van der Waals surface area contributed by atoms with Crippen LogP contribution in [0.3, 0.4) is 0 Å². The Morgan fingerprint density at radius 2 is 1.70 bits per heavy atom. The van der Waals surface area contributed by atoms with Crippen LogP contribution in [0.2, 0.25) is 0 Å². The quantitative estimate of drug-likeness (QED) is 0.746. The minimum atomic E-state index is -0.759. The van der Waals surface area contributed by atoms with Gasteiger partial charge in [0, 0.05) is 0 Å². The number of hydrogen-bond acceptors (Lipinski definition) is 4. The van der Waals surface area contributed by atoms with Crippen molar-refractivity contribution >= 4 is 29.2 Å². The highest BCUT2D eigenvalue weighted by Gasteiger charge is 2.66. The van der Waals surface area contributed by atoms with Crippen molar-refractivity contribution in [3.05, 3.63) is 18.2 Å². The van der Waals surface area contributed by atoms with E-state index in [2.05, 4.69) is 10.6 Å². The Kier molecular flexibility index (Phi) is 2.88. The van der Waals surface area contributed by atoms with Crippen molar-refractivity contribution < 1.29 is 19.1 Å². The highest BCUT2D eigenvalue weighted by atomic mass is 16.5. The van der Waals surface area contributed by atoms with Crippen LogP contribution in [0, 0.1) is 23.7 Å². The van der Waals surface area contributed by atoms with E-state index in [-0.39, 0.29) is 36.3 Å². The van der Waals surface area contributed by atoms with Crippen LogP contribution in [0.4, 0.5) is 16.2 Å². The van der Waals surface area contributed by atoms with Gasteiger partial charge in [-0.15, -0.1) is 0 Å². The van der Waals surface area contributed by atoms with Crippen molar-refractivity contribution in [2.45, 2.75) is 37.6 Å². The fraction of sp³-hybridized carbons (Fsp3) is 0.550. The number of fused-ring (bicyclic) bond motifs is 1. The lowest BCUT2D eigenvalue weighted by molar-refractivity contribution is -0.138. The topological polar surface area (TPSA) is 87.7 Å². The molecule has 4 saturated carbocycles. The number of benzene rings is 1. The van der Waals surface area contributed by atoms with Gasteiger partial charge in [0.15, 0.2) is 12.4 Å². The summed E-state index contributed by atoms with van der Waals surface area (Å²) in [6.07, 6.45) is 5.42. The molecule has 1 aromatic rings. The largest absolute Gasteiger partial charge is 0.479 e. The number of para-hydroxylation sites is 1. The fourth-order valence-electron chi connectivity index (χ4n) is 6.54. The number of anilines is 2. The third-order valence-corrected chi connectivity index (χ3v) is 7.36. The minimum absolute atomic E-state index is 0.118. The molecule has 1 spiro atoms. The van der Waals surface area contributed by atoms with E-state index in [9.17, 15) is 14.4 Å². The van der Waals surface area contributed by atoms with Gasteiger partial charge >= 0.3 is 6.03 Å². The maximum absolute atomic E-state index is 13.7. The van der Waals surface area contributed by atoms with Gasteiger partial charge < -0.3 is 15.4 Å². The molecule has 1 aromatic carbocycles. The lowest BCUT2D eigenvalue weighted by Crippen LogP contribution is -2.66. The Balaban J connectivity index is 1.42. The first-order valence-electron chi connectivity index (χ1n) is 9.78. The van der Waals surface area contributed by atoms with E-state index < -0.39 is 5.54 Å². The first-order chi connectivity index (χ1) is 13.1. The molecule has 2 heterocycles. The number of amides is 4. The minimum Gasteiger partial charge on any atom is -0.479 e. The molecule has 4 bridgehead atoms. The number of rotatable bonds is 1. The predicted octanol–water partition coefficient (Wildman–Crippen LogP) is 2.27. The zero-order chi connectivity index (χ0) is 18.3. The highest BCUT2D eigenvalue weighted by Crippen LogP contribution is 2.60. The Bertz CT molecular complexity index is 867. The van der Waals surface area contributed by atoms with Crippen LogP contribution >= 0.6 is 0 Å². The number of urea groups is 1. The second-order valence-electron chi connectivity index (χ2n) is 8.73. The highest BCUT2D eigenvalue weighted by molar-refractivity contribution is 6.24. The molecule has 7 nitrogen and oxygen atoms in total. The monoisotopic (exact) mass is 367 g/mol. The van der Waals surface area contributed by atoms with Crippen molar-refractivity contribution in [1.29, 1.82) is 0 Å². The number of nitrogens with one attached hydrogen (secondary N) is 2. The van der Waals surface area contributed by atoms with Crippen molar-refractivity contribution in [3.63, 3.8) is 0 Å². The summed E-state index contributed by atoms with van der Waals surface area (Å²) >= 11 is 0. The van der Waals surface area contributed by atoms with E-state index in [0.717, 1.165) is 25.7 Å². The van der Waals surface area contributed by atoms with Gasteiger partial charge in [-0.2, -0.15) is 0 Å². The van der Waals surface area contributed by atoms with Gasteiger partial charge in [-0.1, -0.05) is 6.07 Å². The first kappa shape index (κ1) is 15.5. The van der Waals surface area contributed by atoms with Gasteiger partial charge in [-0.3, -0.25) is 9.59 Å². The van der Waals surface area contributed by atoms with Crippen LogP contribution in [-0.4, -0.2) is 30.0 Å². The lowest BCUT2D eigenvalue weighted by atomic mass is 9.48. The van der Waals surface area contributed by atoms with E-state index in [1.807, 2.05) is 0 Å². The number of ether oxygens (including phenoxy) is 1. The molecule has 0 atom stereocenters. The number of carbonyl (C=O) groups excluding carboxylic acids is 3. The summed E-state index contributed by atoms with van der Waals surface area (Å²) < 4.78 is 5.58. The predicted molar refractivity (Wildman–Crippen MR) is 96.4 cm³/mol. The summed E-state index contributed by atoms with van der Waals surface area (Å²) in [5.74, 6) is 1.89. The molecule has 7 heteroatoms. The second kappa shape index (κ2) is 5.03. The van der Waals surface area contributed by atoms with Crippen LogP contribution < -0.4 is 20.3 Å². The third-order valence-electron chi connectivity index (χ3n) is 7.36. The molecule has 140 valence electrons. The number of carbonyl (C=O) groups is 3. The van der Waals surface area contributed by atoms with Crippen LogP contribution in [0.25, 0.3) is 0 Å². The molecular weight excluding hydrogens is 346 g/mol. The summed E-state index contributed by atoms with van der Waals surface area (Å²) in [5, 5.41) is 5.86. The van der Waals surface area contributed by atoms with E-state index in [4.69, 9.17) is 4.74 Å². The normalized spacial score (nSPS) is 38.7. The Labute approximate surface area is 156 Å². The molecule has 0 unspecified atom stereocenters. The Morgan fingerprint density at radius 1 is 1.00 bits per heavy atom. The SMILES string of the molecule is O=C1COc2c(cccc2N2C(=O)NC3(C2=O)C2CC4CC(C2)CC3C4)N1. The maximum atomic E-state index is 13.7. The zero-order valence-corrected chi connectivity index (χ0v) is 14.9. The third kappa shape index (κ3) is 1.89. The van der Waals surface area contributed by atoms with Crippen LogP contribution in [0.1, 0.15) is 32.1 Å². The van der Waals surface area contributed by atoms with E-state index in [0.29, 0.717) is 29.0 Å². The first-order valence-corrected chi connectivity index (χ1v) is 9.78. The van der Waals surface area contributed by atoms with E-state index in [1.54, 1.807) is 18.2 Å². The molecule has 5 fully saturated rings. The molecule has 4 aliphatic carbocycles. The molecule has 0 aromatic heterocycles. The smallest absolute Gasteiger partial charge is 0.329 e. The number of imide groups is 1. The lowest BCUT2D eigenvalue weighted by Gasteiger charge is -2.58. The second-order valence-corrected chi connectivity index (χ2v) is 8.73. The molecule has 2 N–H and O–H groups in total. The molecular formula is C20H21N3O4. The van der Waals surface area contributed by atoms with E-state index >= 15 is 0 Å². The standard InChI is InChI=1S/C20H21N3O4/c24-16-9-27-17-14(21-16)2-1-3-15(17)23-18(25)20(22-19(23)26)12-5-10-4-11(7-12)8-13(20)6-10/h1-3,10-13H,4-9H2,(H,21,24)(H,22,26). The molecule has 2 aliphatic heterocycles. The molecule has 1 saturated heterocycles. The van der Waals surface area contributed by atoms with Crippen molar-refractivity contribution in [1.82, 2.24) is 5.32 Å². The molecule has 0 radical (unpaired) electrons. The van der Waals surface area contributed by atoms with Crippen molar-refractivity contribution in [3.8, 4) is 5.75 Å². The molecule has 6 aliphatic rings. The van der Waals surface area contributed by atoms with Gasteiger partial charge in [-0.25, -0.2) is 9.69 Å². The van der Waals surface area contributed by atoms with Gasteiger partial charge in [0.05, 0.1) is 11.4 Å². The summed E-state index contributed by atoms with van der Waals surface area (Å²) in [5.41, 5.74) is 0.154. The summed E-state index contributed by atoms with van der Waals surface area (Å²) in [6.45, 7) is -0.118. The molecule has 4 amide bonds. The average Bonchev–Trinajstić information content (AvgIpc) is 2.90. The van der Waals surface area contributed by atoms with Gasteiger partial charge in [-0.05, 0) is 67.9 Å². The number of nitrogens with zero attached hydrogens (tertiary/aromatic N) is 1. The van der Waals surface area contributed by atoms with Gasteiger partial charge in [0.25, 0.3) is 11.8 Å². The van der Waals surface area contributed by atoms with Gasteiger partial charge in [0.1, 0.15) is 5.54 Å². The summed E-state index contributed by atoms with van der Waals surface area (Å²) in [6, 6.07) is 4.78. The Morgan fingerprint density at radius 3 is 2.41 bits per heavy atom. The van der Waals surface area contributed by atoms with Crippen molar-refractivity contribution in [2.75, 3.05) is 16.8 Å². The fourth-order valence-corrected chi connectivity index (χ4v) is 6.54.